The summed E-state index contributed by atoms with van der Waals surface area (Å²) in [5.74, 6) is -0.0158. The van der Waals surface area contributed by atoms with E-state index in [0.29, 0.717) is 6.42 Å². The Morgan fingerprint density at radius 2 is 2.00 bits per heavy atom. The molecule has 0 aromatic carbocycles. The third-order valence-electron chi connectivity index (χ3n) is 7.63. The molecule has 0 amide bonds. The summed E-state index contributed by atoms with van der Waals surface area (Å²) in [6.07, 6.45) is 15.9. The lowest BCUT2D eigenvalue weighted by Crippen LogP contribution is -2.51. The molecule has 0 heterocycles. The van der Waals surface area contributed by atoms with Crippen LogP contribution in [0.1, 0.15) is 39.5 Å². The van der Waals surface area contributed by atoms with Crippen LogP contribution < -0.4 is 0 Å². The fourth-order valence-corrected chi connectivity index (χ4v) is 5.88. The zero-order valence-electron chi connectivity index (χ0n) is 15.3. The molecule has 0 aliphatic heterocycles. The van der Waals surface area contributed by atoms with E-state index < -0.39 is 17.0 Å². The Balaban J connectivity index is 1.71. The van der Waals surface area contributed by atoms with E-state index in [2.05, 4.69) is 38.2 Å². The minimum Gasteiger partial charge on any atom is -0.481 e. The maximum atomic E-state index is 11.8. The number of ketones is 1. The van der Waals surface area contributed by atoms with E-state index in [0.717, 1.165) is 12.0 Å². The Bertz CT molecular complexity index is 788. The van der Waals surface area contributed by atoms with Gasteiger partial charge in [0.05, 0.1) is 5.60 Å². The monoisotopic (exact) mass is 354 g/mol. The predicted molar refractivity (Wildman–Crippen MR) is 98.2 cm³/mol. The first-order valence-corrected chi connectivity index (χ1v) is 9.47. The zero-order valence-corrected chi connectivity index (χ0v) is 15.3. The van der Waals surface area contributed by atoms with Crippen LogP contribution >= 0.6 is 0 Å². The minimum absolute atomic E-state index is 0.00790. The van der Waals surface area contributed by atoms with E-state index in [9.17, 15) is 14.7 Å². The van der Waals surface area contributed by atoms with Crippen LogP contribution in [0.5, 0.6) is 0 Å². The van der Waals surface area contributed by atoms with E-state index >= 15 is 0 Å². The van der Waals surface area contributed by atoms with Crippen LogP contribution in [0.25, 0.3) is 0 Å². The number of hydrogen-bond acceptors (Lipinski definition) is 3. The first-order chi connectivity index (χ1) is 12.2. The molecule has 0 saturated heterocycles. The van der Waals surface area contributed by atoms with E-state index in [4.69, 9.17) is 5.11 Å². The predicted octanol–water partition coefficient (Wildman–Crippen LogP) is 3.44. The Labute approximate surface area is 154 Å². The lowest BCUT2D eigenvalue weighted by atomic mass is 9.51. The average molecular weight is 354 g/mol. The van der Waals surface area contributed by atoms with Gasteiger partial charge in [-0.2, -0.15) is 0 Å². The Morgan fingerprint density at radius 3 is 2.73 bits per heavy atom. The van der Waals surface area contributed by atoms with Crippen molar-refractivity contribution < 1.29 is 19.8 Å². The molecule has 4 rings (SSSR count). The van der Waals surface area contributed by atoms with Crippen molar-refractivity contribution in [2.75, 3.05) is 0 Å². The molecule has 0 aromatic rings. The first kappa shape index (κ1) is 17.5. The van der Waals surface area contributed by atoms with E-state index in [1.165, 1.54) is 0 Å². The summed E-state index contributed by atoms with van der Waals surface area (Å²) in [5, 5.41) is 20.4. The molecule has 0 radical (unpaired) electrons. The second-order valence-electron chi connectivity index (χ2n) is 8.79. The van der Waals surface area contributed by atoms with Gasteiger partial charge in [0.1, 0.15) is 0 Å². The van der Waals surface area contributed by atoms with Gasteiger partial charge in [-0.3, -0.25) is 9.59 Å². The van der Waals surface area contributed by atoms with Gasteiger partial charge in [0.25, 0.3) is 0 Å². The molecule has 4 aliphatic rings. The second-order valence-corrected chi connectivity index (χ2v) is 8.79. The zero-order chi connectivity index (χ0) is 18.7. The molecule has 4 nitrogen and oxygen atoms in total. The number of carbonyl (C=O) groups excluding carboxylic acids is 1. The van der Waals surface area contributed by atoms with Crippen LogP contribution in [-0.2, 0) is 9.59 Å². The summed E-state index contributed by atoms with van der Waals surface area (Å²) in [4.78, 5) is 22.8. The van der Waals surface area contributed by atoms with Crippen molar-refractivity contribution in [1.29, 1.82) is 0 Å². The lowest BCUT2D eigenvalue weighted by molar-refractivity contribution is -0.140. The van der Waals surface area contributed by atoms with Gasteiger partial charge < -0.3 is 10.2 Å². The molecule has 0 spiro atoms. The van der Waals surface area contributed by atoms with Gasteiger partial charge in [-0.15, -0.1) is 0 Å². The second kappa shape index (κ2) is 5.53. The number of carboxylic acids is 1. The molecule has 6 atom stereocenters. The van der Waals surface area contributed by atoms with Crippen LogP contribution in [0.15, 0.2) is 48.1 Å². The largest absolute Gasteiger partial charge is 0.481 e. The molecule has 1 fully saturated rings. The van der Waals surface area contributed by atoms with Crippen molar-refractivity contribution in [3.63, 3.8) is 0 Å². The number of hydrogen-bond donors (Lipinski definition) is 2. The van der Waals surface area contributed by atoms with Crippen molar-refractivity contribution in [2.24, 2.45) is 28.6 Å². The van der Waals surface area contributed by atoms with Crippen molar-refractivity contribution >= 4 is 11.8 Å². The standard InChI is InChI=1S/C22H26O4/c1-20-9-5-15(23)13-14(20)3-4-16-17(20)6-10-21(2)18(16)7-11-22(21,26)12-8-19(24)25/h3-6,9-10,13,16-18,26H,7-8,11-12H2,1-2H3,(H,24,25)/t16-,17+,18+,20+,21+,22-/m1/s1. The summed E-state index contributed by atoms with van der Waals surface area (Å²) >= 11 is 0. The minimum atomic E-state index is -0.971. The molecule has 0 bridgehead atoms. The van der Waals surface area contributed by atoms with Crippen LogP contribution in [0, 0.1) is 28.6 Å². The summed E-state index contributed by atoms with van der Waals surface area (Å²) in [6, 6.07) is 0. The Hall–Kier alpha value is -1.94. The van der Waals surface area contributed by atoms with Gasteiger partial charge in [0.2, 0.25) is 0 Å². The highest BCUT2D eigenvalue weighted by molar-refractivity contribution is 6.01. The molecule has 4 heteroatoms. The average Bonchev–Trinajstić information content (AvgIpc) is 2.86. The highest BCUT2D eigenvalue weighted by atomic mass is 16.4. The van der Waals surface area contributed by atoms with Crippen LogP contribution in [0.2, 0.25) is 0 Å². The first-order valence-electron chi connectivity index (χ1n) is 9.47. The topological polar surface area (TPSA) is 74.6 Å². The molecular formula is C22H26O4. The lowest BCUT2D eigenvalue weighted by Gasteiger charge is -2.53. The van der Waals surface area contributed by atoms with Crippen molar-refractivity contribution in [3.8, 4) is 0 Å². The van der Waals surface area contributed by atoms with Gasteiger partial charge in [0.15, 0.2) is 5.78 Å². The Kier molecular flexibility index (Phi) is 3.71. The summed E-state index contributed by atoms with van der Waals surface area (Å²) < 4.78 is 0. The maximum absolute atomic E-state index is 11.8. The van der Waals surface area contributed by atoms with Crippen LogP contribution in [0.3, 0.4) is 0 Å². The van der Waals surface area contributed by atoms with Crippen molar-refractivity contribution in [1.82, 2.24) is 0 Å². The van der Waals surface area contributed by atoms with E-state index in [-0.39, 0.29) is 41.8 Å². The quantitative estimate of drug-likeness (QED) is 0.762. The van der Waals surface area contributed by atoms with Crippen molar-refractivity contribution in [3.05, 3.63) is 48.1 Å². The number of aliphatic hydroxyl groups is 1. The molecule has 4 aliphatic carbocycles. The normalized spacial score (nSPS) is 45.7. The number of allylic oxidation sites excluding steroid dienone is 7. The fourth-order valence-electron chi connectivity index (χ4n) is 5.88. The smallest absolute Gasteiger partial charge is 0.303 e. The molecule has 0 unspecified atom stereocenters. The summed E-state index contributed by atoms with van der Waals surface area (Å²) in [6.45, 7) is 4.27. The molecule has 26 heavy (non-hydrogen) atoms. The highest BCUT2D eigenvalue weighted by Crippen LogP contribution is 2.63. The molecule has 138 valence electrons. The van der Waals surface area contributed by atoms with E-state index in [1.54, 1.807) is 12.2 Å². The van der Waals surface area contributed by atoms with Crippen LogP contribution in [-0.4, -0.2) is 27.6 Å². The number of rotatable bonds is 3. The Morgan fingerprint density at radius 1 is 1.23 bits per heavy atom. The maximum Gasteiger partial charge on any atom is 0.303 e. The summed E-state index contributed by atoms with van der Waals surface area (Å²) in [5.41, 5.74) is -0.536. The third-order valence-corrected chi connectivity index (χ3v) is 7.63. The number of fused-ring (bicyclic) bond motifs is 5. The summed E-state index contributed by atoms with van der Waals surface area (Å²) in [7, 11) is 0. The molecule has 0 aromatic heterocycles. The van der Waals surface area contributed by atoms with Gasteiger partial charge >= 0.3 is 5.97 Å². The third kappa shape index (κ3) is 2.24. The SMILES string of the molecule is C[C@]12C=CC(=O)C=C1C=C[C@@H]1[C@@H]2C=C[C@@]2(C)[C@H]1CC[C@@]2(O)CCC(=O)O. The molecule has 2 N–H and O–H groups in total. The van der Waals surface area contributed by atoms with E-state index in [1.807, 2.05) is 6.08 Å². The fraction of sp³-hybridized carbons (Fsp3) is 0.545. The molecular weight excluding hydrogens is 328 g/mol. The highest BCUT2D eigenvalue weighted by Gasteiger charge is 2.60. The molecule has 1 saturated carbocycles. The number of aliphatic carboxylic acids is 1. The van der Waals surface area contributed by atoms with Gasteiger partial charge in [-0.1, -0.05) is 44.2 Å². The number of carbonyl (C=O) groups is 2. The van der Waals surface area contributed by atoms with Gasteiger partial charge in [-0.25, -0.2) is 0 Å². The number of carboxylic acid groups (broad SMARTS) is 1. The van der Waals surface area contributed by atoms with Gasteiger partial charge in [0, 0.05) is 17.3 Å². The van der Waals surface area contributed by atoms with Crippen LogP contribution in [0.4, 0.5) is 0 Å². The van der Waals surface area contributed by atoms with Crippen molar-refractivity contribution in [2.45, 2.75) is 45.1 Å². The van der Waals surface area contributed by atoms with Gasteiger partial charge in [-0.05, 0) is 54.7 Å².